The third-order valence-electron chi connectivity index (χ3n) is 5.14. The Hall–Kier alpha value is -2.38. The van der Waals surface area contributed by atoms with Gasteiger partial charge in [0.05, 0.1) is 22.6 Å². The lowest BCUT2D eigenvalue weighted by atomic mass is 9.94. The number of amidine groups is 1. The molecular formula is C23H21BrN2O3S. The second-order valence-corrected chi connectivity index (χ2v) is 9.22. The van der Waals surface area contributed by atoms with E-state index in [9.17, 15) is 9.59 Å². The van der Waals surface area contributed by atoms with Crippen molar-refractivity contribution in [3.8, 4) is 0 Å². The topological polar surface area (TPSA) is 59.0 Å². The number of hydrogen-bond donors (Lipinski definition) is 0. The lowest BCUT2D eigenvalue weighted by Crippen LogP contribution is -2.40. The summed E-state index contributed by atoms with van der Waals surface area (Å²) in [4.78, 5) is 32.6. The van der Waals surface area contributed by atoms with Crippen LogP contribution in [0.5, 0.6) is 0 Å². The van der Waals surface area contributed by atoms with E-state index < -0.39 is 12.0 Å². The number of benzene rings is 2. The molecular weight excluding hydrogens is 464 g/mol. The number of esters is 1. The summed E-state index contributed by atoms with van der Waals surface area (Å²) in [6.45, 7) is 3.96. The highest BCUT2D eigenvalue weighted by molar-refractivity contribution is 9.10. The zero-order chi connectivity index (χ0) is 21.3. The van der Waals surface area contributed by atoms with Crippen LogP contribution < -0.4 is 0 Å². The van der Waals surface area contributed by atoms with Crippen LogP contribution in [-0.4, -0.2) is 27.2 Å². The summed E-state index contributed by atoms with van der Waals surface area (Å²) in [7, 11) is 0. The Morgan fingerprint density at radius 3 is 2.53 bits per heavy atom. The molecule has 2 atom stereocenters. The van der Waals surface area contributed by atoms with Crippen LogP contribution in [0.1, 0.15) is 37.4 Å². The molecule has 0 spiro atoms. The summed E-state index contributed by atoms with van der Waals surface area (Å²) in [6.07, 6.45) is 0.707. The van der Waals surface area contributed by atoms with Crippen LogP contribution in [0.4, 0.5) is 0 Å². The number of thioether (sulfide) groups is 1. The summed E-state index contributed by atoms with van der Waals surface area (Å²) in [5.41, 5.74) is 2.75. The average Bonchev–Trinajstić information content (AvgIpc) is 3.07. The van der Waals surface area contributed by atoms with Gasteiger partial charge in [0.25, 0.3) is 0 Å². The smallest absolute Gasteiger partial charge is 0.338 e. The maximum atomic E-state index is 13.2. The van der Waals surface area contributed by atoms with E-state index in [0.717, 1.165) is 15.6 Å². The number of ether oxygens (including phenoxy) is 1. The van der Waals surface area contributed by atoms with E-state index in [2.05, 4.69) is 20.9 Å². The van der Waals surface area contributed by atoms with Crippen molar-refractivity contribution < 1.29 is 14.3 Å². The minimum absolute atomic E-state index is 0.0185. The summed E-state index contributed by atoms with van der Waals surface area (Å²) in [5.74, 6) is -0.472. The lowest BCUT2D eigenvalue weighted by molar-refractivity contribution is -0.141. The third kappa shape index (κ3) is 3.96. The van der Waals surface area contributed by atoms with Crippen LogP contribution in [0, 0.1) is 0 Å². The Bertz CT molecular complexity index is 1030. The Morgan fingerprint density at radius 2 is 1.87 bits per heavy atom. The van der Waals surface area contributed by atoms with Crippen LogP contribution in [0.2, 0.25) is 0 Å². The molecule has 1 fully saturated rings. The van der Waals surface area contributed by atoms with Crippen LogP contribution in [0.25, 0.3) is 0 Å². The molecule has 5 nitrogen and oxygen atoms in total. The second-order valence-electron chi connectivity index (χ2n) is 7.13. The Kier molecular flexibility index (Phi) is 6.11. The molecule has 2 aromatic rings. The molecule has 2 aromatic carbocycles. The Balaban J connectivity index is 1.71. The van der Waals surface area contributed by atoms with Crippen molar-refractivity contribution in [2.45, 2.75) is 38.2 Å². The molecule has 1 amide bonds. The summed E-state index contributed by atoms with van der Waals surface area (Å²) < 4.78 is 6.56. The number of fused-ring (bicyclic) bond motifs is 1. The first-order valence-electron chi connectivity index (χ1n) is 9.75. The number of carbonyl (C=O) groups excluding carboxylic acids is 2. The minimum Gasteiger partial charge on any atom is -0.457 e. The van der Waals surface area contributed by atoms with Gasteiger partial charge >= 0.3 is 5.97 Å². The van der Waals surface area contributed by atoms with E-state index >= 15 is 0 Å². The van der Waals surface area contributed by atoms with Gasteiger partial charge in [-0.25, -0.2) is 9.79 Å². The number of hydrogen-bond acceptors (Lipinski definition) is 5. The van der Waals surface area contributed by atoms with Gasteiger partial charge in [0.15, 0.2) is 5.17 Å². The van der Waals surface area contributed by atoms with E-state index in [0.29, 0.717) is 22.9 Å². The van der Waals surface area contributed by atoms with Crippen molar-refractivity contribution in [2.75, 3.05) is 0 Å². The lowest BCUT2D eigenvalue weighted by Gasteiger charge is -2.33. The molecule has 0 aromatic heterocycles. The fraction of sp³-hybridized carbons (Fsp3) is 0.261. The van der Waals surface area contributed by atoms with E-state index in [-0.39, 0.29) is 17.8 Å². The fourth-order valence-electron chi connectivity index (χ4n) is 3.61. The molecule has 2 heterocycles. The van der Waals surface area contributed by atoms with Crippen LogP contribution in [0.3, 0.4) is 0 Å². The molecule has 7 heteroatoms. The molecule has 0 N–H and O–H groups in total. The van der Waals surface area contributed by atoms with Crippen molar-refractivity contribution in [1.29, 1.82) is 0 Å². The molecule has 0 saturated carbocycles. The first kappa shape index (κ1) is 20.9. The number of carbonyl (C=O) groups is 2. The zero-order valence-electron chi connectivity index (χ0n) is 16.7. The van der Waals surface area contributed by atoms with Gasteiger partial charge in [-0.15, -0.1) is 0 Å². The zero-order valence-corrected chi connectivity index (χ0v) is 19.1. The summed E-state index contributed by atoms with van der Waals surface area (Å²) >= 11 is 4.92. The number of halogens is 1. The minimum atomic E-state index is -0.551. The molecule has 2 unspecified atom stereocenters. The van der Waals surface area contributed by atoms with Crippen molar-refractivity contribution in [2.24, 2.45) is 4.99 Å². The number of rotatable bonds is 5. The summed E-state index contributed by atoms with van der Waals surface area (Å²) in [6, 6.07) is 16.7. The van der Waals surface area contributed by atoms with E-state index in [4.69, 9.17) is 4.74 Å². The Morgan fingerprint density at radius 1 is 1.17 bits per heavy atom. The third-order valence-corrected chi connectivity index (χ3v) is 6.99. The van der Waals surface area contributed by atoms with Gasteiger partial charge in [0.1, 0.15) is 6.61 Å². The molecule has 0 aliphatic carbocycles. The van der Waals surface area contributed by atoms with Crippen molar-refractivity contribution in [3.63, 3.8) is 0 Å². The predicted molar refractivity (Wildman–Crippen MR) is 122 cm³/mol. The molecule has 2 aliphatic heterocycles. The highest BCUT2D eigenvalue weighted by Crippen LogP contribution is 2.44. The highest BCUT2D eigenvalue weighted by atomic mass is 79.9. The largest absolute Gasteiger partial charge is 0.457 e. The SMILES string of the molecule is CCC1SC2=NC(C)=C(C(=O)OCc3ccccc3)C(c3ccc(Br)cc3)N2C1=O. The normalized spacial score (nSPS) is 20.8. The number of nitrogens with zero attached hydrogens (tertiary/aromatic N) is 2. The van der Waals surface area contributed by atoms with Crippen molar-refractivity contribution >= 4 is 44.7 Å². The molecule has 4 rings (SSSR count). The van der Waals surface area contributed by atoms with Crippen LogP contribution in [-0.2, 0) is 20.9 Å². The molecule has 154 valence electrons. The fourth-order valence-corrected chi connectivity index (χ4v) is 5.01. The number of amides is 1. The Labute approximate surface area is 188 Å². The predicted octanol–water partition coefficient (Wildman–Crippen LogP) is 5.23. The monoisotopic (exact) mass is 484 g/mol. The second kappa shape index (κ2) is 8.78. The van der Waals surface area contributed by atoms with Crippen molar-refractivity contribution in [3.05, 3.63) is 81.5 Å². The highest BCUT2D eigenvalue weighted by Gasteiger charge is 2.47. The van der Waals surface area contributed by atoms with Crippen LogP contribution in [0.15, 0.2) is 75.3 Å². The molecule has 1 saturated heterocycles. The standard InChI is InChI=1S/C23H21BrN2O3S/c1-3-18-21(27)26-20(16-9-11-17(24)12-10-16)19(14(2)25-23(26)30-18)22(28)29-13-15-7-5-4-6-8-15/h4-12,18,20H,3,13H2,1-2H3. The molecule has 2 aliphatic rings. The van der Waals surface area contributed by atoms with Gasteiger partial charge in [0, 0.05) is 4.47 Å². The molecule has 30 heavy (non-hydrogen) atoms. The van der Waals surface area contributed by atoms with E-state index in [1.807, 2.05) is 61.5 Å². The van der Waals surface area contributed by atoms with Crippen molar-refractivity contribution in [1.82, 2.24) is 4.90 Å². The van der Waals surface area contributed by atoms with Crippen LogP contribution >= 0.6 is 27.7 Å². The quantitative estimate of drug-likeness (QED) is 0.545. The number of aliphatic imine (C=N–C) groups is 1. The first-order chi connectivity index (χ1) is 14.5. The van der Waals surface area contributed by atoms with E-state index in [1.165, 1.54) is 11.8 Å². The maximum Gasteiger partial charge on any atom is 0.338 e. The van der Waals surface area contributed by atoms with Gasteiger partial charge in [-0.3, -0.25) is 9.69 Å². The van der Waals surface area contributed by atoms with Gasteiger partial charge < -0.3 is 4.74 Å². The molecule has 0 bridgehead atoms. The first-order valence-corrected chi connectivity index (χ1v) is 11.4. The summed E-state index contributed by atoms with van der Waals surface area (Å²) in [5, 5.41) is 0.464. The van der Waals surface area contributed by atoms with Gasteiger partial charge in [-0.1, -0.05) is 77.1 Å². The van der Waals surface area contributed by atoms with Gasteiger partial charge in [-0.2, -0.15) is 0 Å². The average molecular weight is 485 g/mol. The van der Waals surface area contributed by atoms with E-state index in [1.54, 1.807) is 11.8 Å². The number of allylic oxidation sites excluding steroid dienone is 1. The van der Waals surface area contributed by atoms with Gasteiger partial charge in [-0.05, 0) is 36.6 Å². The maximum absolute atomic E-state index is 13.2. The van der Waals surface area contributed by atoms with Gasteiger partial charge in [0.2, 0.25) is 5.91 Å². The molecule has 0 radical (unpaired) electrons.